The molecule has 0 spiro atoms. The van der Waals surface area contributed by atoms with Crippen molar-refractivity contribution >= 4 is 11.6 Å². The Kier molecular flexibility index (Phi) is 3.28. The molecule has 0 saturated carbocycles. The van der Waals surface area contributed by atoms with E-state index in [9.17, 15) is 4.79 Å². The van der Waals surface area contributed by atoms with Crippen molar-refractivity contribution < 1.29 is 0 Å². The van der Waals surface area contributed by atoms with Crippen molar-refractivity contribution in [2.24, 2.45) is 5.73 Å². The summed E-state index contributed by atoms with van der Waals surface area (Å²) in [7, 11) is 0. The summed E-state index contributed by atoms with van der Waals surface area (Å²) in [5.74, 6) is 0. The molecule has 0 saturated heterocycles. The van der Waals surface area contributed by atoms with Crippen molar-refractivity contribution in [2.75, 3.05) is 0 Å². The second kappa shape index (κ2) is 4.25. The molecule has 3 nitrogen and oxygen atoms in total. The molecule has 1 aromatic heterocycles. The fraction of sp³-hybridized carbons (Fsp3) is 0.222. The van der Waals surface area contributed by atoms with Crippen molar-refractivity contribution in [2.45, 2.75) is 12.5 Å². The van der Waals surface area contributed by atoms with Gasteiger partial charge < -0.3 is 10.7 Å². The molecule has 0 unspecified atom stereocenters. The number of hydrogen-bond acceptors (Lipinski definition) is 2. The highest BCUT2D eigenvalue weighted by Gasteiger charge is 2.08. The molecule has 1 aromatic rings. The number of halogens is 1. The number of nitrogens with one attached hydrogen (secondary N) is 1. The average molecular weight is 199 g/mol. The molecule has 13 heavy (non-hydrogen) atoms. The zero-order valence-electron chi connectivity index (χ0n) is 7.09. The molecule has 4 heteroatoms. The summed E-state index contributed by atoms with van der Waals surface area (Å²) >= 11 is 5.71. The molecule has 0 aliphatic rings. The summed E-state index contributed by atoms with van der Waals surface area (Å²) in [5.41, 5.74) is 6.02. The number of aromatic amines is 1. The van der Waals surface area contributed by atoms with E-state index in [0.29, 0.717) is 17.0 Å². The van der Waals surface area contributed by atoms with Crippen molar-refractivity contribution in [1.82, 2.24) is 4.98 Å². The zero-order chi connectivity index (χ0) is 9.84. The molecule has 0 bridgehead atoms. The predicted molar refractivity (Wildman–Crippen MR) is 53.8 cm³/mol. The Labute approximate surface area is 81.2 Å². The van der Waals surface area contributed by atoms with Gasteiger partial charge in [-0.3, -0.25) is 4.79 Å². The lowest BCUT2D eigenvalue weighted by atomic mass is 10.1. The molecule has 0 radical (unpaired) electrons. The fourth-order valence-electron chi connectivity index (χ4n) is 1.06. The Morgan fingerprint density at radius 1 is 1.77 bits per heavy atom. The minimum Gasteiger partial charge on any atom is -0.327 e. The van der Waals surface area contributed by atoms with Crippen LogP contribution in [-0.2, 0) is 0 Å². The third-order valence-electron chi connectivity index (χ3n) is 1.72. The quantitative estimate of drug-likeness (QED) is 0.725. The predicted octanol–water partition coefficient (Wildman–Crippen LogP) is 1.60. The van der Waals surface area contributed by atoms with Gasteiger partial charge in [0.2, 0.25) is 0 Å². The van der Waals surface area contributed by atoms with Crippen LogP contribution in [0.15, 0.2) is 29.7 Å². The van der Waals surface area contributed by atoms with Gasteiger partial charge in [0.25, 0.3) is 5.56 Å². The van der Waals surface area contributed by atoms with Crippen LogP contribution < -0.4 is 11.3 Å². The summed E-state index contributed by atoms with van der Waals surface area (Å²) in [4.78, 5) is 13.8. The van der Waals surface area contributed by atoms with Crippen molar-refractivity contribution in [1.29, 1.82) is 0 Å². The fourth-order valence-corrected chi connectivity index (χ4v) is 1.23. The number of rotatable bonds is 3. The third-order valence-corrected chi connectivity index (χ3v) is 1.94. The van der Waals surface area contributed by atoms with Gasteiger partial charge in [-0.1, -0.05) is 17.7 Å². The van der Waals surface area contributed by atoms with Crippen LogP contribution in [-0.4, -0.2) is 4.98 Å². The molecular formula is C9H11ClN2O. The van der Waals surface area contributed by atoms with Gasteiger partial charge in [0.1, 0.15) is 0 Å². The molecule has 0 aromatic carbocycles. The Hall–Kier alpha value is -1.06. The first kappa shape index (κ1) is 10.0. The number of H-pyrrole nitrogens is 1. The lowest BCUT2D eigenvalue weighted by Crippen LogP contribution is -2.20. The van der Waals surface area contributed by atoms with Gasteiger partial charge in [-0.2, -0.15) is 0 Å². The monoisotopic (exact) mass is 198 g/mol. The highest BCUT2D eigenvalue weighted by molar-refractivity contribution is 6.30. The molecule has 0 aliphatic heterocycles. The Balaban J connectivity index is 3.05. The van der Waals surface area contributed by atoms with Crippen LogP contribution in [0.5, 0.6) is 0 Å². The summed E-state index contributed by atoms with van der Waals surface area (Å²) < 4.78 is 0. The lowest BCUT2D eigenvalue weighted by molar-refractivity contribution is 0.729. The van der Waals surface area contributed by atoms with Crippen LogP contribution >= 0.6 is 11.6 Å². The van der Waals surface area contributed by atoms with E-state index in [-0.39, 0.29) is 11.6 Å². The first-order chi connectivity index (χ1) is 6.15. The maximum absolute atomic E-state index is 11.3. The Bertz CT molecular complexity index is 359. The van der Waals surface area contributed by atoms with Crippen LogP contribution in [0.3, 0.4) is 0 Å². The second-order valence-corrected chi connectivity index (χ2v) is 3.17. The summed E-state index contributed by atoms with van der Waals surface area (Å²) in [5, 5.41) is 0.481. The van der Waals surface area contributed by atoms with Crippen LogP contribution in [0, 0.1) is 0 Å². The Morgan fingerprint density at radius 3 is 3.08 bits per heavy atom. The summed E-state index contributed by atoms with van der Waals surface area (Å²) in [6.07, 6.45) is 3.67. The SMILES string of the molecule is C=CC[C@H](N)c1cc(Cl)c[nH]c1=O. The maximum Gasteiger partial charge on any atom is 0.252 e. The maximum atomic E-state index is 11.3. The van der Waals surface area contributed by atoms with E-state index in [1.54, 1.807) is 12.1 Å². The molecule has 1 heterocycles. The molecule has 3 N–H and O–H groups in total. The van der Waals surface area contributed by atoms with Gasteiger partial charge in [0, 0.05) is 17.8 Å². The average Bonchev–Trinajstić information content (AvgIpc) is 2.09. The number of nitrogens with two attached hydrogens (primary N) is 1. The van der Waals surface area contributed by atoms with E-state index in [1.165, 1.54) is 6.20 Å². The molecule has 1 rings (SSSR count). The normalized spacial score (nSPS) is 12.5. The van der Waals surface area contributed by atoms with Gasteiger partial charge in [-0.05, 0) is 12.5 Å². The number of aromatic nitrogens is 1. The molecule has 1 atom stereocenters. The smallest absolute Gasteiger partial charge is 0.252 e. The van der Waals surface area contributed by atoms with Gasteiger partial charge >= 0.3 is 0 Å². The van der Waals surface area contributed by atoms with Crippen molar-refractivity contribution in [3.63, 3.8) is 0 Å². The minimum absolute atomic E-state index is 0.196. The van der Waals surface area contributed by atoms with Crippen LogP contribution in [0.1, 0.15) is 18.0 Å². The van der Waals surface area contributed by atoms with Gasteiger partial charge in [-0.25, -0.2) is 0 Å². The van der Waals surface area contributed by atoms with E-state index in [2.05, 4.69) is 11.6 Å². The molecule has 0 amide bonds. The Morgan fingerprint density at radius 2 is 2.46 bits per heavy atom. The number of pyridine rings is 1. The minimum atomic E-state index is -0.333. The number of hydrogen-bond donors (Lipinski definition) is 2. The first-order valence-electron chi connectivity index (χ1n) is 3.89. The largest absolute Gasteiger partial charge is 0.327 e. The first-order valence-corrected chi connectivity index (χ1v) is 4.27. The summed E-state index contributed by atoms with van der Waals surface area (Å²) in [6, 6.07) is 1.24. The van der Waals surface area contributed by atoms with Gasteiger partial charge in [0.05, 0.1) is 5.02 Å². The highest BCUT2D eigenvalue weighted by Crippen LogP contribution is 2.13. The second-order valence-electron chi connectivity index (χ2n) is 2.73. The molecule has 0 aliphatic carbocycles. The van der Waals surface area contributed by atoms with Gasteiger partial charge in [0.15, 0.2) is 0 Å². The van der Waals surface area contributed by atoms with Crippen LogP contribution in [0.25, 0.3) is 0 Å². The van der Waals surface area contributed by atoms with E-state index < -0.39 is 0 Å². The van der Waals surface area contributed by atoms with E-state index in [1.807, 2.05) is 0 Å². The van der Waals surface area contributed by atoms with Crippen LogP contribution in [0.2, 0.25) is 5.02 Å². The van der Waals surface area contributed by atoms with Crippen LogP contribution in [0.4, 0.5) is 0 Å². The topological polar surface area (TPSA) is 58.9 Å². The van der Waals surface area contributed by atoms with Gasteiger partial charge in [-0.15, -0.1) is 6.58 Å². The van der Waals surface area contributed by atoms with E-state index >= 15 is 0 Å². The lowest BCUT2D eigenvalue weighted by Gasteiger charge is -2.07. The van der Waals surface area contributed by atoms with E-state index in [0.717, 1.165) is 0 Å². The summed E-state index contributed by atoms with van der Waals surface area (Å²) in [6.45, 7) is 3.55. The highest BCUT2D eigenvalue weighted by atomic mass is 35.5. The van der Waals surface area contributed by atoms with Crippen molar-refractivity contribution in [3.8, 4) is 0 Å². The van der Waals surface area contributed by atoms with E-state index in [4.69, 9.17) is 17.3 Å². The van der Waals surface area contributed by atoms with Crippen molar-refractivity contribution in [3.05, 3.63) is 45.9 Å². The zero-order valence-corrected chi connectivity index (χ0v) is 7.84. The standard InChI is InChI=1S/C9H11ClN2O/c1-2-3-8(11)7-4-6(10)5-12-9(7)13/h2,4-5,8H,1,3,11H2,(H,12,13)/t8-/m0/s1. The third kappa shape index (κ3) is 2.44. The molecule has 70 valence electrons. The molecule has 0 fully saturated rings. The molecular weight excluding hydrogens is 188 g/mol.